The number of rotatable bonds is 6. The maximum atomic E-state index is 13.2. The lowest BCUT2D eigenvalue weighted by Crippen LogP contribution is -2.31. The number of hydrogen-bond acceptors (Lipinski definition) is 2. The minimum Gasteiger partial charge on any atom is -0.345 e. The number of carbonyl (C=O) groups is 1. The third-order valence-electron chi connectivity index (χ3n) is 4.27. The summed E-state index contributed by atoms with van der Waals surface area (Å²) in [6.07, 6.45) is 3.31. The molecule has 0 saturated carbocycles. The zero-order valence-electron chi connectivity index (χ0n) is 14.9. The molecule has 134 valence electrons. The van der Waals surface area contributed by atoms with Crippen LogP contribution in [0.1, 0.15) is 41.4 Å². The quantitative estimate of drug-likeness (QED) is 0.723. The van der Waals surface area contributed by atoms with Crippen LogP contribution < -0.4 is 5.32 Å². The molecule has 3 aromatic rings. The molecule has 0 fully saturated rings. The number of amides is 1. The Morgan fingerprint density at radius 1 is 1.12 bits per heavy atom. The molecule has 0 spiro atoms. The maximum absolute atomic E-state index is 13.2. The Kier molecular flexibility index (Phi) is 5.46. The Morgan fingerprint density at radius 3 is 2.46 bits per heavy atom. The van der Waals surface area contributed by atoms with Crippen LogP contribution in [0, 0.1) is 11.7 Å². The van der Waals surface area contributed by atoms with E-state index in [9.17, 15) is 9.18 Å². The van der Waals surface area contributed by atoms with E-state index in [0.29, 0.717) is 12.1 Å². The lowest BCUT2D eigenvalue weighted by molar-refractivity contribution is 0.0925. The van der Waals surface area contributed by atoms with Gasteiger partial charge in [0.1, 0.15) is 5.82 Å². The highest BCUT2D eigenvalue weighted by Gasteiger charge is 2.20. The van der Waals surface area contributed by atoms with Crippen LogP contribution in [0.15, 0.2) is 67.0 Å². The second-order valence-electron chi connectivity index (χ2n) is 6.66. The maximum Gasteiger partial charge on any atom is 0.254 e. The van der Waals surface area contributed by atoms with Crippen LogP contribution in [-0.4, -0.2) is 15.7 Å². The van der Waals surface area contributed by atoms with E-state index in [1.54, 1.807) is 29.2 Å². The second kappa shape index (κ2) is 7.95. The number of nitrogens with zero attached hydrogens (tertiary/aromatic N) is 2. The van der Waals surface area contributed by atoms with Crippen LogP contribution in [0.5, 0.6) is 0 Å². The van der Waals surface area contributed by atoms with Crippen molar-refractivity contribution in [2.24, 2.45) is 5.92 Å². The van der Waals surface area contributed by atoms with Crippen molar-refractivity contribution in [1.29, 1.82) is 0 Å². The lowest BCUT2D eigenvalue weighted by atomic mass is 9.96. The highest BCUT2D eigenvalue weighted by molar-refractivity contribution is 5.94. The van der Waals surface area contributed by atoms with E-state index >= 15 is 0 Å². The molecule has 1 unspecified atom stereocenters. The molecule has 26 heavy (non-hydrogen) atoms. The SMILES string of the molecule is CC(C)C(NC(=O)c1cnn(Cc2ccccc2)c1)c1ccc(F)cc1. The normalized spacial score (nSPS) is 12.2. The molecule has 1 heterocycles. The highest BCUT2D eigenvalue weighted by Crippen LogP contribution is 2.22. The van der Waals surface area contributed by atoms with Gasteiger partial charge in [-0.25, -0.2) is 4.39 Å². The van der Waals surface area contributed by atoms with Crippen molar-refractivity contribution >= 4 is 5.91 Å². The number of carbonyl (C=O) groups excluding carboxylic acids is 1. The molecular weight excluding hydrogens is 329 g/mol. The van der Waals surface area contributed by atoms with Crippen molar-refractivity contribution in [3.8, 4) is 0 Å². The van der Waals surface area contributed by atoms with Crippen LogP contribution in [0.2, 0.25) is 0 Å². The van der Waals surface area contributed by atoms with Gasteiger partial charge >= 0.3 is 0 Å². The van der Waals surface area contributed by atoms with Gasteiger partial charge in [-0.15, -0.1) is 0 Å². The van der Waals surface area contributed by atoms with Gasteiger partial charge in [-0.05, 0) is 29.2 Å². The van der Waals surface area contributed by atoms with Gasteiger partial charge in [0.15, 0.2) is 0 Å². The van der Waals surface area contributed by atoms with E-state index in [-0.39, 0.29) is 23.7 Å². The Labute approximate surface area is 152 Å². The number of benzene rings is 2. The summed E-state index contributed by atoms with van der Waals surface area (Å²) in [5.41, 5.74) is 2.51. The van der Waals surface area contributed by atoms with Crippen molar-refractivity contribution in [3.05, 3.63) is 89.5 Å². The van der Waals surface area contributed by atoms with Gasteiger partial charge in [-0.1, -0.05) is 56.3 Å². The van der Waals surface area contributed by atoms with Crippen LogP contribution in [-0.2, 0) is 6.54 Å². The molecule has 0 bridgehead atoms. The summed E-state index contributed by atoms with van der Waals surface area (Å²) in [6, 6.07) is 16.0. The Hall–Kier alpha value is -2.95. The fraction of sp³-hybridized carbons (Fsp3) is 0.238. The van der Waals surface area contributed by atoms with Crippen LogP contribution in [0.4, 0.5) is 4.39 Å². The van der Waals surface area contributed by atoms with Gasteiger partial charge in [-0.2, -0.15) is 5.10 Å². The number of nitrogens with one attached hydrogen (secondary N) is 1. The fourth-order valence-electron chi connectivity index (χ4n) is 2.87. The first kappa shape index (κ1) is 17.9. The number of aromatic nitrogens is 2. The van der Waals surface area contributed by atoms with E-state index in [0.717, 1.165) is 11.1 Å². The third-order valence-corrected chi connectivity index (χ3v) is 4.27. The molecule has 5 heteroatoms. The van der Waals surface area contributed by atoms with E-state index < -0.39 is 0 Å². The molecule has 2 aromatic carbocycles. The zero-order chi connectivity index (χ0) is 18.5. The molecule has 0 aliphatic carbocycles. The molecule has 0 radical (unpaired) electrons. The van der Waals surface area contributed by atoms with Gasteiger partial charge in [0.2, 0.25) is 0 Å². The molecule has 0 aliphatic heterocycles. The summed E-state index contributed by atoms with van der Waals surface area (Å²) < 4.78 is 14.9. The number of hydrogen-bond donors (Lipinski definition) is 1. The van der Waals surface area contributed by atoms with Gasteiger partial charge < -0.3 is 5.32 Å². The van der Waals surface area contributed by atoms with Crippen molar-refractivity contribution in [3.63, 3.8) is 0 Å². The van der Waals surface area contributed by atoms with Gasteiger partial charge in [0, 0.05) is 6.20 Å². The van der Waals surface area contributed by atoms with E-state index in [4.69, 9.17) is 0 Å². The predicted octanol–water partition coefficient (Wildman–Crippen LogP) is 4.20. The molecule has 1 amide bonds. The second-order valence-corrected chi connectivity index (χ2v) is 6.66. The van der Waals surface area contributed by atoms with Crippen molar-refractivity contribution < 1.29 is 9.18 Å². The number of halogens is 1. The summed E-state index contributed by atoms with van der Waals surface area (Å²) in [6.45, 7) is 4.65. The standard InChI is InChI=1S/C21H22FN3O/c1-15(2)20(17-8-10-19(22)11-9-17)24-21(26)18-12-23-25(14-18)13-16-6-4-3-5-7-16/h3-12,14-15,20H,13H2,1-2H3,(H,24,26). The smallest absolute Gasteiger partial charge is 0.254 e. The van der Waals surface area contributed by atoms with E-state index in [2.05, 4.69) is 10.4 Å². The Bertz CT molecular complexity index is 856. The first-order valence-corrected chi connectivity index (χ1v) is 8.65. The third kappa shape index (κ3) is 4.36. The summed E-state index contributed by atoms with van der Waals surface area (Å²) in [7, 11) is 0. The average Bonchev–Trinajstić information content (AvgIpc) is 3.10. The summed E-state index contributed by atoms with van der Waals surface area (Å²) in [5.74, 6) is -0.305. The minimum absolute atomic E-state index is 0.170. The van der Waals surface area contributed by atoms with Crippen molar-refractivity contribution in [2.45, 2.75) is 26.4 Å². The fourth-order valence-corrected chi connectivity index (χ4v) is 2.87. The van der Waals surface area contributed by atoms with E-state index in [1.807, 2.05) is 44.2 Å². The van der Waals surface area contributed by atoms with Gasteiger partial charge in [-0.3, -0.25) is 9.48 Å². The van der Waals surface area contributed by atoms with Crippen LogP contribution >= 0.6 is 0 Å². The molecule has 0 saturated heterocycles. The molecule has 1 atom stereocenters. The monoisotopic (exact) mass is 351 g/mol. The van der Waals surface area contributed by atoms with Gasteiger partial charge in [0.05, 0.1) is 24.3 Å². The average molecular weight is 351 g/mol. The first-order valence-electron chi connectivity index (χ1n) is 8.65. The van der Waals surface area contributed by atoms with Gasteiger partial charge in [0.25, 0.3) is 5.91 Å². The van der Waals surface area contributed by atoms with Crippen molar-refractivity contribution in [2.75, 3.05) is 0 Å². The molecule has 4 nitrogen and oxygen atoms in total. The largest absolute Gasteiger partial charge is 0.345 e. The van der Waals surface area contributed by atoms with E-state index in [1.165, 1.54) is 12.1 Å². The molecular formula is C21H22FN3O. The summed E-state index contributed by atoms with van der Waals surface area (Å²) in [5, 5.41) is 7.31. The topological polar surface area (TPSA) is 46.9 Å². The first-order chi connectivity index (χ1) is 12.5. The highest BCUT2D eigenvalue weighted by atomic mass is 19.1. The molecule has 1 N–H and O–H groups in total. The van der Waals surface area contributed by atoms with Crippen LogP contribution in [0.25, 0.3) is 0 Å². The summed E-state index contributed by atoms with van der Waals surface area (Å²) in [4.78, 5) is 12.6. The summed E-state index contributed by atoms with van der Waals surface area (Å²) >= 11 is 0. The lowest BCUT2D eigenvalue weighted by Gasteiger charge is -2.22. The zero-order valence-corrected chi connectivity index (χ0v) is 14.9. The molecule has 3 rings (SSSR count). The predicted molar refractivity (Wildman–Crippen MR) is 99.2 cm³/mol. The molecule has 1 aromatic heterocycles. The Morgan fingerprint density at radius 2 is 1.81 bits per heavy atom. The van der Waals surface area contributed by atoms with Crippen molar-refractivity contribution in [1.82, 2.24) is 15.1 Å². The molecule has 0 aliphatic rings. The Balaban J connectivity index is 1.71. The minimum atomic E-state index is -0.287. The van der Waals surface area contributed by atoms with Crippen LogP contribution in [0.3, 0.4) is 0 Å².